The van der Waals surface area contributed by atoms with E-state index in [1.165, 1.54) is 11.0 Å². The zero-order valence-electron chi connectivity index (χ0n) is 11.0. The van der Waals surface area contributed by atoms with Crippen molar-refractivity contribution in [1.29, 1.82) is 0 Å². The molecule has 0 radical (unpaired) electrons. The van der Waals surface area contributed by atoms with Crippen LogP contribution < -0.4 is 5.11 Å². The number of aromatic carboxylic acids is 1. The van der Waals surface area contributed by atoms with Crippen LogP contribution >= 0.6 is 11.8 Å². The summed E-state index contributed by atoms with van der Waals surface area (Å²) in [5, 5.41) is 10.5. The number of likely N-dealkylation sites (tertiary alicyclic amines) is 1. The van der Waals surface area contributed by atoms with E-state index >= 15 is 0 Å². The first kappa shape index (κ1) is 14.6. The van der Waals surface area contributed by atoms with Crippen molar-refractivity contribution in [1.82, 2.24) is 4.90 Å². The second kappa shape index (κ2) is 6.09. The molecule has 1 unspecified atom stereocenters. The van der Waals surface area contributed by atoms with Crippen molar-refractivity contribution < 1.29 is 19.5 Å². The summed E-state index contributed by atoms with van der Waals surface area (Å²) in [7, 11) is 0. The molecule has 1 atom stereocenters. The van der Waals surface area contributed by atoms with E-state index < -0.39 is 11.2 Å². The Kier molecular flexibility index (Phi) is 4.44. The van der Waals surface area contributed by atoms with Gasteiger partial charge >= 0.3 is 0 Å². The van der Waals surface area contributed by atoms with Crippen LogP contribution in [0.3, 0.4) is 0 Å². The minimum atomic E-state index is -1.28. The van der Waals surface area contributed by atoms with Crippen LogP contribution in [0.4, 0.5) is 0 Å². The van der Waals surface area contributed by atoms with Crippen molar-refractivity contribution in [3.8, 4) is 0 Å². The Morgan fingerprint density at radius 3 is 2.75 bits per heavy atom. The largest absolute Gasteiger partial charge is 0.545 e. The summed E-state index contributed by atoms with van der Waals surface area (Å²) >= 11 is 1.11. The number of amides is 2. The molecule has 106 valence electrons. The highest BCUT2D eigenvalue weighted by Crippen LogP contribution is 2.33. The molecule has 1 aromatic rings. The summed E-state index contributed by atoms with van der Waals surface area (Å²) in [6.07, 6.45) is 0.829. The molecule has 1 heterocycles. The van der Waals surface area contributed by atoms with Gasteiger partial charge in [0.2, 0.25) is 11.8 Å². The van der Waals surface area contributed by atoms with Gasteiger partial charge in [0.15, 0.2) is 0 Å². The summed E-state index contributed by atoms with van der Waals surface area (Å²) in [5.74, 6) is -1.72. The summed E-state index contributed by atoms with van der Waals surface area (Å²) in [4.78, 5) is 36.6. The Balaban J connectivity index is 2.18. The van der Waals surface area contributed by atoms with E-state index in [1.54, 1.807) is 18.2 Å². The minimum absolute atomic E-state index is 0.0479. The molecule has 0 spiro atoms. The van der Waals surface area contributed by atoms with Crippen molar-refractivity contribution in [3.63, 3.8) is 0 Å². The standard InChI is InChI=1S/C14H15NO4S/c1-2-7-15-12(16)8-11(13(15)17)20-10-6-4-3-5-9(10)14(18)19/h3-6,11H,2,7-8H2,1H3,(H,18,19)/p-1. The van der Waals surface area contributed by atoms with Gasteiger partial charge in [0.1, 0.15) is 0 Å². The number of thioether (sulfide) groups is 1. The van der Waals surface area contributed by atoms with Crippen molar-refractivity contribution in [3.05, 3.63) is 29.8 Å². The molecule has 1 fully saturated rings. The first-order chi connectivity index (χ1) is 9.54. The molecule has 0 aliphatic carbocycles. The normalized spacial score (nSPS) is 18.6. The Labute approximate surface area is 121 Å². The molecular formula is C14H14NO4S-. The van der Waals surface area contributed by atoms with Gasteiger partial charge < -0.3 is 9.90 Å². The van der Waals surface area contributed by atoms with E-state index in [9.17, 15) is 19.5 Å². The minimum Gasteiger partial charge on any atom is -0.545 e. The molecule has 2 rings (SSSR count). The van der Waals surface area contributed by atoms with E-state index in [4.69, 9.17) is 0 Å². The number of carboxylic acid groups (broad SMARTS) is 1. The second-order valence-corrected chi connectivity index (χ2v) is 5.72. The molecule has 1 aliphatic heterocycles. The highest BCUT2D eigenvalue weighted by molar-refractivity contribution is 8.00. The maximum Gasteiger partial charge on any atom is 0.243 e. The number of hydrogen-bond acceptors (Lipinski definition) is 5. The molecule has 6 heteroatoms. The molecule has 0 N–H and O–H groups in total. The van der Waals surface area contributed by atoms with Gasteiger partial charge in [-0.25, -0.2) is 0 Å². The van der Waals surface area contributed by atoms with Crippen LogP contribution in [-0.2, 0) is 9.59 Å². The zero-order valence-corrected chi connectivity index (χ0v) is 11.8. The van der Waals surface area contributed by atoms with Gasteiger partial charge in [-0.05, 0) is 12.5 Å². The zero-order chi connectivity index (χ0) is 14.7. The molecule has 0 saturated carbocycles. The number of nitrogens with zero attached hydrogens (tertiary/aromatic N) is 1. The molecule has 1 aromatic carbocycles. The van der Waals surface area contributed by atoms with E-state index in [0.717, 1.165) is 11.8 Å². The number of rotatable bonds is 5. The monoisotopic (exact) mass is 292 g/mol. The molecule has 1 saturated heterocycles. The average molecular weight is 292 g/mol. The predicted molar refractivity (Wildman–Crippen MR) is 72.0 cm³/mol. The fraction of sp³-hybridized carbons (Fsp3) is 0.357. The molecule has 0 aromatic heterocycles. The molecule has 20 heavy (non-hydrogen) atoms. The first-order valence-electron chi connectivity index (χ1n) is 6.35. The Hall–Kier alpha value is -1.82. The lowest BCUT2D eigenvalue weighted by molar-refractivity contribution is -0.255. The van der Waals surface area contributed by atoms with E-state index in [1.807, 2.05) is 6.92 Å². The number of carbonyl (C=O) groups is 3. The summed E-state index contributed by atoms with van der Waals surface area (Å²) < 4.78 is 0. The Bertz CT molecular complexity index is 558. The van der Waals surface area contributed by atoms with Gasteiger partial charge in [0.05, 0.1) is 11.2 Å². The third-order valence-electron chi connectivity index (χ3n) is 3.03. The highest BCUT2D eigenvalue weighted by atomic mass is 32.2. The van der Waals surface area contributed by atoms with E-state index in [-0.39, 0.29) is 23.8 Å². The molecular weight excluding hydrogens is 278 g/mol. The molecule has 2 amide bonds. The van der Waals surface area contributed by atoms with Crippen LogP contribution in [0.5, 0.6) is 0 Å². The molecule has 5 nitrogen and oxygen atoms in total. The maximum absolute atomic E-state index is 12.1. The van der Waals surface area contributed by atoms with Crippen molar-refractivity contribution in [2.75, 3.05) is 6.54 Å². The van der Waals surface area contributed by atoms with Crippen LogP contribution in [0.15, 0.2) is 29.2 Å². The van der Waals surface area contributed by atoms with Crippen molar-refractivity contribution in [2.45, 2.75) is 29.9 Å². The third kappa shape index (κ3) is 2.85. The Morgan fingerprint density at radius 2 is 2.10 bits per heavy atom. The summed E-state index contributed by atoms with van der Waals surface area (Å²) in [6, 6.07) is 6.35. The van der Waals surface area contributed by atoms with Gasteiger partial charge in [0.25, 0.3) is 0 Å². The third-order valence-corrected chi connectivity index (χ3v) is 4.29. The summed E-state index contributed by atoms with van der Waals surface area (Å²) in [6.45, 7) is 2.31. The lowest BCUT2D eigenvalue weighted by Crippen LogP contribution is -2.32. The number of carbonyl (C=O) groups excluding carboxylic acids is 3. The van der Waals surface area contributed by atoms with Gasteiger partial charge in [0, 0.05) is 23.4 Å². The van der Waals surface area contributed by atoms with Gasteiger partial charge in [-0.15, -0.1) is 11.8 Å². The Morgan fingerprint density at radius 1 is 1.40 bits per heavy atom. The second-order valence-electron chi connectivity index (χ2n) is 4.48. The molecule has 1 aliphatic rings. The van der Waals surface area contributed by atoms with Crippen LogP contribution in [0.2, 0.25) is 0 Å². The molecule has 0 bridgehead atoms. The van der Waals surface area contributed by atoms with Crippen LogP contribution in [0.1, 0.15) is 30.1 Å². The van der Waals surface area contributed by atoms with E-state index in [0.29, 0.717) is 17.9 Å². The average Bonchev–Trinajstić information content (AvgIpc) is 2.67. The van der Waals surface area contributed by atoms with Crippen LogP contribution in [-0.4, -0.2) is 34.5 Å². The lowest BCUT2D eigenvalue weighted by atomic mass is 10.2. The van der Waals surface area contributed by atoms with Crippen LogP contribution in [0.25, 0.3) is 0 Å². The number of imide groups is 1. The van der Waals surface area contributed by atoms with Gasteiger partial charge in [-0.2, -0.15) is 0 Å². The van der Waals surface area contributed by atoms with Crippen molar-refractivity contribution in [2.24, 2.45) is 0 Å². The SMILES string of the molecule is CCCN1C(=O)CC(Sc2ccccc2C(=O)[O-])C1=O. The number of carboxylic acids is 1. The van der Waals surface area contributed by atoms with Crippen LogP contribution in [0, 0.1) is 0 Å². The topological polar surface area (TPSA) is 77.5 Å². The first-order valence-corrected chi connectivity index (χ1v) is 7.23. The van der Waals surface area contributed by atoms with E-state index in [2.05, 4.69) is 0 Å². The fourth-order valence-electron chi connectivity index (χ4n) is 2.09. The smallest absolute Gasteiger partial charge is 0.243 e. The maximum atomic E-state index is 12.1. The lowest BCUT2D eigenvalue weighted by Gasteiger charge is -2.14. The number of benzene rings is 1. The fourth-order valence-corrected chi connectivity index (χ4v) is 3.29. The quantitative estimate of drug-likeness (QED) is 0.746. The van der Waals surface area contributed by atoms with Crippen molar-refractivity contribution >= 4 is 29.5 Å². The van der Waals surface area contributed by atoms with Gasteiger partial charge in [-0.1, -0.05) is 25.1 Å². The number of hydrogen-bond donors (Lipinski definition) is 0. The van der Waals surface area contributed by atoms with Gasteiger partial charge in [-0.3, -0.25) is 14.5 Å². The highest BCUT2D eigenvalue weighted by Gasteiger charge is 2.38. The predicted octanol–water partition coefficient (Wildman–Crippen LogP) is 0.680. The summed E-state index contributed by atoms with van der Waals surface area (Å²) in [5.41, 5.74) is 0.0479.